The zero-order valence-electron chi connectivity index (χ0n) is 12.8. The summed E-state index contributed by atoms with van der Waals surface area (Å²) >= 11 is 0. The molecule has 1 N–H and O–H groups in total. The van der Waals surface area contributed by atoms with Crippen LogP contribution in [-0.2, 0) is 0 Å². The third-order valence-electron chi connectivity index (χ3n) is 3.86. The predicted octanol–water partition coefficient (Wildman–Crippen LogP) is 3.22. The first kappa shape index (κ1) is 14.9. The molecule has 1 unspecified atom stereocenters. The number of carbonyl (C=O) groups excluding carboxylic acids is 1. The van der Waals surface area contributed by atoms with Crippen LogP contribution in [0.3, 0.4) is 0 Å². The fourth-order valence-electron chi connectivity index (χ4n) is 3.17. The fraction of sp³-hybridized carbons (Fsp3) is 0.562. The number of benzene rings is 1. The van der Waals surface area contributed by atoms with Gasteiger partial charge in [-0.25, -0.2) is 4.79 Å². The maximum atomic E-state index is 12.8. The molecule has 0 aromatic heterocycles. The number of amides is 2. The number of anilines is 1. The van der Waals surface area contributed by atoms with Crippen LogP contribution < -0.4 is 4.90 Å². The Hall–Kier alpha value is -1.55. The lowest BCUT2D eigenvalue weighted by Gasteiger charge is -2.53. The molecule has 0 radical (unpaired) electrons. The monoisotopic (exact) mass is 276 g/mol. The van der Waals surface area contributed by atoms with E-state index in [-0.39, 0.29) is 11.6 Å². The Balaban J connectivity index is 2.43. The molecule has 1 aromatic rings. The number of hydrogen-bond donors (Lipinski definition) is 1. The molecule has 0 spiro atoms. The molecule has 110 valence electrons. The van der Waals surface area contributed by atoms with Crippen LogP contribution in [0.2, 0.25) is 0 Å². The summed E-state index contributed by atoms with van der Waals surface area (Å²) in [6.45, 7) is 8.49. The normalized spacial score (nSPS) is 25.9. The number of rotatable bonds is 3. The van der Waals surface area contributed by atoms with Gasteiger partial charge in [0.15, 0.2) is 0 Å². The topological polar surface area (TPSA) is 43.8 Å². The van der Waals surface area contributed by atoms with Crippen LogP contribution in [0.25, 0.3) is 0 Å². The van der Waals surface area contributed by atoms with Gasteiger partial charge in [0, 0.05) is 24.2 Å². The van der Waals surface area contributed by atoms with Gasteiger partial charge in [-0.15, -0.1) is 0 Å². The second-order valence-corrected chi connectivity index (χ2v) is 6.31. The van der Waals surface area contributed by atoms with Gasteiger partial charge in [0.25, 0.3) is 0 Å². The van der Waals surface area contributed by atoms with Crippen molar-refractivity contribution in [1.82, 2.24) is 4.90 Å². The Morgan fingerprint density at radius 1 is 1.20 bits per heavy atom. The SMILES string of the molecule is CCCN1C(=O)N(c2ccccc2)C(C)(O)CC1(C)C. The highest BCUT2D eigenvalue weighted by Gasteiger charge is 2.49. The lowest BCUT2D eigenvalue weighted by molar-refractivity contribution is -0.0252. The van der Waals surface area contributed by atoms with Crippen molar-refractivity contribution >= 4 is 11.7 Å². The molecule has 1 aliphatic heterocycles. The van der Waals surface area contributed by atoms with Crippen molar-refractivity contribution in [2.75, 3.05) is 11.4 Å². The summed E-state index contributed by atoms with van der Waals surface area (Å²) in [5, 5.41) is 10.8. The van der Waals surface area contributed by atoms with E-state index in [0.717, 1.165) is 12.1 Å². The Morgan fingerprint density at radius 3 is 2.35 bits per heavy atom. The van der Waals surface area contributed by atoms with Crippen molar-refractivity contribution in [2.45, 2.75) is 51.8 Å². The van der Waals surface area contributed by atoms with E-state index in [1.54, 1.807) is 6.92 Å². The second kappa shape index (κ2) is 5.09. The molecule has 1 atom stereocenters. The van der Waals surface area contributed by atoms with Crippen LogP contribution in [0.1, 0.15) is 40.5 Å². The smallest absolute Gasteiger partial charge is 0.327 e. The molecule has 0 aliphatic carbocycles. The number of nitrogens with zero attached hydrogens (tertiary/aromatic N) is 2. The molecule has 0 bridgehead atoms. The lowest BCUT2D eigenvalue weighted by Crippen LogP contribution is -2.68. The van der Waals surface area contributed by atoms with Crippen LogP contribution in [0.15, 0.2) is 30.3 Å². The van der Waals surface area contributed by atoms with Gasteiger partial charge in [0.1, 0.15) is 5.72 Å². The molecule has 4 nitrogen and oxygen atoms in total. The summed E-state index contributed by atoms with van der Waals surface area (Å²) in [7, 11) is 0. The van der Waals surface area contributed by atoms with Crippen molar-refractivity contribution in [1.29, 1.82) is 0 Å². The predicted molar refractivity (Wildman–Crippen MR) is 80.6 cm³/mol. The standard InChI is InChI=1S/C16H24N2O2/c1-5-11-17-14(19)18(13-9-7-6-8-10-13)16(4,20)12-15(17,2)3/h6-10,20H,5,11-12H2,1-4H3. The Morgan fingerprint density at radius 2 is 1.80 bits per heavy atom. The molecule has 2 rings (SSSR count). The van der Waals surface area contributed by atoms with Gasteiger partial charge in [-0.1, -0.05) is 25.1 Å². The summed E-state index contributed by atoms with van der Waals surface area (Å²) in [5.41, 5.74) is -0.785. The van der Waals surface area contributed by atoms with E-state index in [1.165, 1.54) is 4.90 Å². The van der Waals surface area contributed by atoms with Crippen LogP contribution in [0.5, 0.6) is 0 Å². The molecule has 1 saturated heterocycles. The first-order valence-electron chi connectivity index (χ1n) is 7.19. The quantitative estimate of drug-likeness (QED) is 0.921. The molecule has 1 aliphatic rings. The number of hydrogen-bond acceptors (Lipinski definition) is 2. The highest BCUT2D eigenvalue weighted by Crippen LogP contribution is 2.38. The molecule has 1 aromatic carbocycles. The second-order valence-electron chi connectivity index (χ2n) is 6.31. The average Bonchev–Trinajstić information content (AvgIpc) is 2.34. The Labute approximate surface area is 121 Å². The Bertz CT molecular complexity index is 483. The van der Waals surface area contributed by atoms with E-state index >= 15 is 0 Å². The molecular weight excluding hydrogens is 252 g/mol. The minimum Gasteiger partial charge on any atom is -0.371 e. The van der Waals surface area contributed by atoms with E-state index in [9.17, 15) is 9.90 Å². The molecule has 1 fully saturated rings. The molecule has 2 amide bonds. The molecule has 1 heterocycles. The highest BCUT2D eigenvalue weighted by molar-refractivity contribution is 5.94. The van der Waals surface area contributed by atoms with Gasteiger partial charge in [-0.05, 0) is 39.3 Å². The van der Waals surface area contributed by atoms with Crippen LogP contribution >= 0.6 is 0 Å². The van der Waals surface area contributed by atoms with Crippen molar-refractivity contribution in [2.24, 2.45) is 0 Å². The number of urea groups is 1. The first-order chi connectivity index (χ1) is 9.29. The zero-order valence-corrected chi connectivity index (χ0v) is 12.8. The van der Waals surface area contributed by atoms with Crippen molar-refractivity contribution < 1.29 is 9.90 Å². The van der Waals surface area contributed by atoms with E-state index < -0.39 is 5.72 Å². The summed E-state index contributed by atoms with van der Waals surface area (Å²) in [4.78, 5) is 16.2. The van der Waals surface area contributed by atoms with Gasteiger partial charge in [-0.3, -0.25) is 4.90 Å². The minimum absolute atomic E-state index is 0.126. The van der Waals surface area contributed by atoms with Gasteiger partial charge in [-0.2, -0.15) is 0 Å². The third-order valence-corrected chi connectivity index (χ3v) is 3.86. The summed E-state index contributed by atoms with van der Waals surface area (Å²) in [6.07, 6.45) is 1.42. The van der Waals surface area contributed by atoms with E-state index in [1.807, 2.05) is 49.1 Å². The summed E-state index contributed by atoms with van der Waals surface area (Å²) in [6, 6.07) is 9.24. The van der Waals surface area contributed by atoms with Gasteiger partial charge in [0.2, 0.25) is 0 Å². The number of carbonyl (C=O) groups is 1. The molecule has 4 heteroatoms. The van der Waals surface area contributed by atoms with Crippen molar-refractivity contribution in [3.63, 3.8) is 0 Å². The average molecular weight is 276 g/mol. The molecule has 20 heavy (non-hydrogen) atoms. The summed E-state index contributed by atoms with van der Waals surface area (Å²) < 4.78 is 0. The molecule has 0 saturated carbocycles. The largest absolute Gasteiger partial charge is 0.371 e. The van der Waals surface area contributed by atoms with E-state index in [4.69, 9.17) is 0 Å². The zero-order chi connectivity index (χ0) is 15.0. The summed E-state index contributed by atoms with van der Waals surface area (Å²) in [5.74, 6) is 0. The van der Waals surface area contributed by atoms with Crippen LogP contribution in [-0.4, -0.2) is 33.8 Å². The maximum absolute atomic E-state index is 12.8. The van der Waals surface area contributed by atoms with Gasteiger partial charge < -0.3 is 10.0 Å². The number of para-hydroxylation sites is 1. The van der Waals surface area contributed by atoms with Gasteiger partial charge in [0.05, 0.1) is 0 Å². The number of aliphatic hydroxyl groups is 1. The molecular formula is C16H24N2O2. The van der Waals surface area contributed by atoms with Gasteiger partial charge >= 0.3 is 6.03 Å². The Kier molecular flexibility index (Phi) is 3.78. The van der Waals surface area contributed by atoms with E-state index in [2.05, 4.69) is 6.92 Å². The lowest BCUT2D eigenvalue weighted by atomic mass is 9.87. The maximum Gasteiger partial charge on any atom is 0.327 e. The first-order valence-corrected chi connectivity index (χ1v) is 7.19. The van der Waals surface area contributed by atoms with Crippen LogP contribution in [0, 0.1) is 0 Å². The highest BCUT2D eigenvalue weighted by atomic mass is 16.3. The minimum atomic E-state index is -1.17. The van der Waals surface area contributed by atoms with Crippen LogP contribution in [0.4, 0.5) is 10.5 Å². The van der Waals surface area contributed by atoms with Crippen molar-refractivity contribution in [3.05, 3.63) is 30.3 Å². The van der Waals surface area contributed by atoms with Crippen molar-refractivity contribution in [3.8, 4) is 0 Å². The fourth-order valence-corrected chi connectivity index (χ4v) is 3.17. The third kappa shape index (κ3) is 2.52. The van der Waals surface area contributed by atoms with E-state index in [0.29, 0.717) is 13.0 Å².